The number of anilines is 1. The van der Waals surface area contributed by atoms with E-state index in [0.29, 0.717) is 5.13 Å². The van der Waals surface area contributed by atoms with Gasteiger partial charge in [-0.1, -0.05) is 65.7 Å². The first kappa shape index (κ1) is 20.7. The van der Waals surface area contributed by atoms with Crippen LogP contribution in [0.15, 0.2) is 58.4 Å². The van der Waals surface area contributed by atoms with Gasteiger partial charge in [0.2, 0.25) is 5.91 Å². The van der Waals surface area contributed by atoms with Gasteiger partial charge in [-0.05, 0) is 36.6 Å². The first-order chi connectivity index (χ1) is 13.5. The lowest BCUT2D eigenvalue weighted by molar-refractivity contribution is -0.115. The zero-order valence-corrected chi connectivity index (χ0v) is 18.4. The smallest absolute Gasteiger partial charge is 0.240 e. The molecular formula is C22H24BrN3OS. The number of amides is 1. The van der Waals surface area contributed by atoms with Crippen molar-refractivity contribution in [2.45, 2.75) is 32.7 Å². The van der Waals surface area contributed by atoms with Gasteiger partial charge in [0.05, 0.1) is 12.2 Å². The lowest BCUT2D eigenvalue weighted by Crippen LogP contribution is -2.30. The zero-order valence-electron chi connectivity index (χ0n) is 16.0. The molecule has 0 spiro atoms. The van der Waals surface area contributed by atoms with Crippen molar-refractivity contribution < 1.29 is 4.79 Å². The number of rotatable bonds is 8. The summed E-state index contributed by atoms with van der Waals surface area (Å²) in [6.07, 6.45) is 2.24. The van der Waals surface area contributed by atoms with E-state index in [1.54, 1.807) is 0 Å². The summed E-state index contributed by atoms with van der Waals surface area (Å²) in [5, 5.41) is 8.71. The van der Waals surface area contributed by atoms with Gasteiger partial charge >= 0.3 is 0 Å². The van der Waals surface area contributed by atoms with Crippen LogP contribution < -0.4 is 10.6 Å². The van der Waals surface area contributed by atoms with Crippen molar-refractivity contribution in [3.8, 4) is 11.3 Å². The Bertz CT molecular complexity index is 906. The van der Waals surface area contributed by atoms with E-state index in [1.165, 1.54) is 22.5 Å². The molecule has 4 nitrogen and oxygen atoms in total. The quantitative estimate of drug-likeness (QED) is 0.448. The maximum absolute atomic E-state index is 12.3. The molecule has 0 saturated heterocycles. The van der Waals surface area contributed by atoms with Crippen molar-refractivity contribution >= 4 is 38.3 Å². The molecule has 3 aromatic rings. The van der Waals surface area contributed by atoms with E-state index in [-0.39, 0.29) is 18.5 Å². The van der Waals surface area contributed by atoms with Gasteiger partial charge in [0, 0.05) is 21.5 Å². The van der Waals surface area contributed by atoms with Gasteiger partial charge in [-0.25, -0.2) is 4.98 Å². The van der Waals surface area contributed by atoms with Crippen LogP contribution in [0.3, 0.4) is 0 Å². The molecule has 3 rings (SSSR count). The van der Waals surface area contributed by atoms with E-state index in [1.807, 2.05) is 29.6 Å². The molecule has 0 fully saturated rings. The Balaban J connectivity index is 1.51. The third-order valence-corrected chi connectivity index (χ3v) is 5.76. The number of hydrogen-bond donors (Lipinski definition) is 2. The highest BCUT2D eigenvalue weighted by Gasteiger charge is 2.11. The van der Waals surface area contributed by atoms with Crippen molar-refractivity contribution in [1.29, 1.82) is 0 Å². The molecular weight excluding hydrogens is 434 g/mol. The highest BCUT2D eigenvalue weighted by Crippen LogP contribution is 2.26. The van der Waals surface area contributed by atoms with Gasteiger partial charge in [-0.2, -0.15) is 0 Å². The largest absolute Gasteiger partial charge is 0.302 e. The molecule has 28 heavy (non-hydrogen) atoms. The second-order valence-corrected chi connectivity index (χ2v) is 8.46. The van der Waals surface area contributed by atoms with Crippen molar-refractivity contribution in [2.24, 2.45) is 0 Å². The van der Waals surface area contributed by atoms with Crippen molar-refractivity contribution in [2.75, 3.05) is 11.9 Å². The van der Waals surface area contributed by atoms with E-state index in [0.717, 1.165) is 28.6 Å². The fraction of sp³-hybridized carbons (Fsp3) is 0.273. The van der Waals surface area contributed by atoms with Crippen LogP contribution in [0.25, 0.3) is 11.3 Å². The summed E-state index contributed by atoms with van der Waals surface area (Å²) in [5.41, 5.74) is 4.42. The molecule has 0 radical (unpaired) electrons. The minimum absolute atomic E-state index is 0.0915. The number of nitrogens with zero attached hydrogens (tertiary/aromatic N) is 1. The van der Waals surface area contributed by atoms with E-state index in [4.69, 9.17) is 0 Å². The topological polar surface area (TPSA) is 54.0 Å². The molecule has 1 atom stereocenters. The molecule has 0 aliphatic heterocycles. The van der Waals surface area contributed by atoms with Crippen LogP contribution in [0.5, 0.6) is 0 Å². The van der Waals surface area contributed by atoms with E-state index in [2.05, 4.69) is 69.7 Å². The van der Waals surface area contributed by atoms with E-state index < -0.39 is 0 Å². The number of carbonyl (C=O) groups excluding carboxylic acids is 1. The number of nitrogens with one attached hydrogen (secondary N) is 2. The molecule has 2 N–H and O–H groups in total. The fourth-order valence-corrected chi connectivity index (χ4v) is 3.87. The third-order valence-electron chi connectivity index (χ3n) is 4.48. The Hall–Kier alpha value is -2.02. The second kappa shape index (κ2) is 9.96. The van der Waals surface area contributed by atoms with Crippen LogP contribution >= 0.6 is 27.3 Å². The number of carbonyl (C=O) groups is 1. The van der Waals surface area contributed by atoms with Crippen LogP contribution in [0.1, 0.15) is 37.4 Å². The van der Waals surface area contributed by atoms with Crippen molar-refractivity contribution in [1.82, 2.24) is 10.3 Å². The molecule has 0 saturated carbocycles. The lowest BCUT2D eigenvalue weighted by atomic mass is 10.0. The van der Waals surface area contributed by atoms with E-state index in [9.17, 15) is 4.79 Å². The van der Waals surface area contributed by atoms with Crippen LogP contribution in [-0.2, 0) is 11.2 Å². The van der Waals surface area contributed by atoms with Gasteiger partial charge in [0.15, 0.2) is 5.13 Å². The van der Waals surface area contributed by atoms with Gasteiger partial charge in [0.1, 0.15) is 0 Å². The highest BCUT2D eigenvalue weighted by molar-refractivity contribution is 9.10. The first-order valence-electron chi connectivity index (χ1n) is 9.38. The van der Waals surface area contributed by atoms with Gasteiger partial charge in [-0.15, -0.1) is 11.3 Å². The first-order valence-corrected chi connectivity index (χ1v) is 11.1. The Kier molecular flexibility index (Phi) is 7.36. The monoisotopic (exact) mass is 457 g/mol. The average Bonchev–Trinajstić information content (AvgIpc) is 3.16. The number of halogens is 1. The Labute approximate surface area is 178 Å². The molecule has 146 valence electrons. The summed E-state index contributed by atoms with van der Waals surface area (Å²) in [4.78, 5) is 16.8. The van der Waals surface area contributed by atoms with Crippen LogP contribution in [0.4, 0.5) is 5.13 Å². The maximum atomic E-state index is 12.3. The lowest BCUT2D eigenvalue weighted by Gasteiger charge is -2.14. The van der Waals surface area contributed by atoms with Crippen LogP contribution in [0, 0.1) is 0 Å². The van der Waals surface area contributed by atoms with Crippen LogP contribution in [-0.4, -0.2) is 17.4 Å². The van der Waals surface area contributed by atoms with Crippen molar-refractivity contribution in [3.63, 3.8) is 0 Å². The third kappa shape index (κ3) is 5.74. The van der Waals surface area contributed by atoms with Crippen molar-refractivity contribution in [3.05, 3.63) is 69.5 Å². The summed E-state index contributed by atoms with van der Waals surface area (Å²) >= 11 is 4.86. The molecule has 2 aromatic carbocycles. The number of aryl methyl sites for hydroxylation is 1. The predicted molar refractivity (Wildman–Crippen MR) is 121 cm³/mol. The number of thiazole rings is 1. The minimum atomic E-state index is -0.0915. The Morgan fingerprint density at radius 1 is 1.14 bits per heavy atom. The summed E-state index contributed by atoms with van der Waals surface area (Å²) in [7, 11) is 0. The standard InChI is InChI=1S/C22H24BrN3OS/c1-3-4-16-5-7-17(8-6-16)15(2)24-13-21(27)26-22-25-20(14-28-22)18-9-11-19(23)12-10-18/h5-12,14-15,24H,3-4,13H2,1-2H3,(H,25,26,27). The molecule has 1 unspecified atom stereocenters. The Morgan fingerprint density at radius 2 is 1.86 bits per heavy atom. The maximum Gasteiger partial charge on any atom is 0.240 e. The second-order valence-electron chi connectivity index (χ2n) is 6.69. The highest BCUT2D eigenvalue weighted by atomic mass is 79.9. The number of hydrogen-bond acceptors (Lipinski definition) is 4. The molecule has 0 bridgehead atoms. The van der Waals surface area contributed by atoms with Gasteiger partial charge in [-0.3, -0.25) is 4.79 Å². The summed E-state index contributed by atoms with van der Waals surface area (Å²) in [6, 6.07) is 16.7. The minimum Gasteiger partial charge on any atom is -0.302 e. The summed E-state index contributed by atoms with van der Waals surface area (Å²) < 4.78 is 1.03. The fourth-order valence-electron chi connectivity index (χ4n) is 2.87. The summed E-state index contributed by atoms with van der Waals surface area (Å²) in [6.45, 7) is 4.49. The number of benzene rings is 2. The zero-order chi connectivity index (χ0) is 19.9. The molecule has 1 aromatic heterocycles. The summed E-state index contributed by atoms with van der Waals surface area (Å²) in [5.74, 6) is -0.0915. The molecule has 1 amide bonds. The van der Waals surface area contributed by atoms with Crippen LogP contribution in [0.2, 0.25) is 0 Å². The molecule has 6 heteroatoms. The predicted octanol–water partition coefficient (Wildman–Crippen LogP) is 5.81. The molecule has 0 aliphatic carbocycles. The Morgan fingerprint density at radius 3 is 2.54 bits per heavy atom. The molecule has 1 heterocycles. The SMILES string of the molecule is CCCc1ccc(C(C)NCC(=O)Nc2nc(-c3ccc(Br)cc3)cs2)cc1. The van der Waals surface area contributed by atoms with E-state index >= 15 is 0 Å². The average molecular weight is 458 g/mol. The molecule has 0 aliphatic rings. The normalized spacial score (nSPS) is 12.0. The van der Waals surface area contributed by atoms with Gasteiger partial charge < -0.3 is 10.6 Å². The van der Waals surface area contributed by atoms with Gasteiger partial charge in [0.25, 0.3) is 0 Å². The number of aromatic nitrogens is 1.